The molecule has 3 heterocycles. The lowest BCUT2D eigenvalue weighted by atomic mass is 10.1. The molecular weight excluding hydrogens is 382 g/mol. The number of carboxylic acids is 1. The van der Waals surface area contributed by atoms with Crippen molar-refractivity contribution in [2.24, 2.45) is 0 Å². The van der Waals surface area contributed by atoms with E-state index in [0.717, 1.165) is 0 Å². The summed E-state index contributed by atoms with van der Waals surface area (Å²) in [5.41, 5.74) is 2.16. The highest BCUT2D eigenvalue weighted by atomic mass is 32.2. The Balaban J connectivity index is 1.96. The SMILES string of the molecule is COc1cccc(-c2cc(C(=O)O)c3c(C)nn([C@@H]4CCS(=O)(=O)C4)c3n2)c1. The second kappa shape index (κ2) is 6.59. The van der Waals surface area contributed by atoms with E-state index >= 15 is 0 Å². The van der Waals surface area contributed by atoms with Crippen molar-refractivity contribution < 1.29 is 23.1 Å². The highest BCUT2D eigenvalue weighted by Crippen LogP contribution is 2.32. The molecule has 3 aromatic rings. The van der Waals surface area contributed by atoms with Gasteiger partial charge in [-0.25, -0.2) is 22.9 Å². The number of carbonyl (C=O) groups is 1. The van der Waals surface area contributed by atoms with E-state index in [1.54, 1.807) is 36.9 Å². The molecule has 0 amide bonds. The zero-order valence-corrected chi connectivity index (χ0v) is 16.2. The van der Waals surface area contributed by atoms with Gasteiger partial charge in [0.1, 0.15) is 5.75 Å². The van der Waals surface area contributed by atoms with Gasteiger partial charge in [0.15, 0.2) is 15.5 Å². The Morgan fingerprint density at radius 2 is 2.11 bits per heavy atom. The number of aromatic carboxylic acids is 1. The topological polar surface area (TPSA) is 111 Å². The van der Waals surface area contributed by atoms with Crippen LogP contribution < -0.4 is 4.74 Å². The molecule has 0 radical (unpaired) electrons. The number of methoxy groups -OCH3 is 1. The molecule has 1 atom stereocenters. The maximum absolute atomic E-state index is 11.9. The Morgan fingerprint density at radius 3 is 2.75 bits per heavy atom. The number of aryl methyl sites for hydroxylation is 1. The zero-order valence-electron chi connectivity index (χ0n) is 15.4. The number of hydrogen-bond donors (Lipinski definition) is 1. The van der Waals surface area contributed by atoms with Crippen LogP contribution in [0.2, 0.25) is 0 Å². The molecule has 1 aromatic carbocycles. The molecule has 1 N–H and O–H groups in total. The minimum Gasteiger partial charge on any atom is -0.497 e. The number of aromatic nitrogens is 3. The van der Waals surface area contributed by atoms with E-state index in [2.05, 4.69) is 10.1 Å². The van der Waals surface area contributed by atoms with Crippen LogP contribution >= 0.6 is 0 Å². The van der Waals surface area contributed by atoms with Crippen LogP contribution in [0.25, 0.3) is 22.3 Å². The minimum atomic E-state index is -3.12. The van der Waals surface area contributed by atoms with E-state index in [1.165, 1.54) is 6.07 Å². The van der Waals surface area contributed by atoms with Gasteiger partial charge in [-0.05, 0) is 31.5 Å². The average Bonchev–Trinajstić information content (AvgIpc) is 3.20. The first kappa shape index (κ1) is 18.4. The van der Waals surface area contributed by atoms with E-state index in [0.29, 0.717) is 40.2 Å². The first-order valence-electron chi connectivity index (χ1n) is 8.77. The van der Waals surface area contributed by atoms with Crippen LogP contribution in [0.5, 0.6) is 5.75 Å². The molecule has 0 unspecified atom stereocenters. The Hall–Kier alpha value is -2.94. The predicted octanol–water partition coefficient (Wildman–Crippen LogP) is 2.47. The van der Waals surface area contributed by atoms with Crippen molar-refractivity contribution >= 4 is 26.8 Å². The number of nitrogens with zero attached hydrogens (tertiary/aromatic N) is 3. The molecule has 8 nitrogen and oxygen atoms in total. The molecule has 0 spiro atoms. The highest BCUT2D eigenvalue weighted by Gasteiger charge is 2.32. The van der Waals surface area contributed by atoms with Crippen molar-refractivity contribution in [2.45, 2.75) is 19.4 Å². The summed E-state index contributed by atoms with van der Waals surface area (Å²) in [5, 5.41) is 14.6. The fraction of sp³-hybridized carbons (Fsp3) is 0.316. The number of carboxylic acid groups (broad SMARTS) is 1. The molecule has 28 heavy (non-hydrogen) atoms. The third kappa shape index (κ3) is 3.11. The molecular formula is C19H19N3O5S. The van der Waals surface area contributed by atoms with Crippen LogP contribution in [-0.2, 0) is 9.84 Å². The molecule has 0 bridgehead atoms. The van der Waals surface area contributed by atoms with E-state index in [4.69, 9.17) is 4.74 Å². The lowest BCUT2D eigenvalue weighted by Crippen LogP contribution is -2.13. The molecule has 0 saturated carbocycles. The number of rotatable bonds is 4. The lowest BCUT2D eigenvalue weighted by Gasteiger charge is -2.11. The number of hydrogen-bond acceptors (Lipinski definition) is 6. The maximum atomic E-state index is 11.9. The number of pyridine rings is 1. The second-order valence-electron chi connectivity index (χ2n) is 6.88. The molecule has 4 rings (SSSR count). The summed E-state index contributed by atoms with van der Waals surface area (Å²) in [6, 6.07) is 8.34. The van der Waals surface area contributed by atoms with Crippen molar-refractivity contribution in [3.8, 4) is 17.0 Å². The zero-order chi connectivity index (χ0) is 20.1. The van der Waals surface area contributed by atoms with Crippen LogP contribution in [0.3, 0.4) is 0 Å². The normalized spacial score (nSPS) is 18.4. The first-order valence-corrected chi connectivity index (χ1v) is 10.6. The third-order valence-corrected chi connectivity index (χ3v) is 6.74. The molecule has 9 heteroatoms. The van der Waals surface area contributed by atoms with Crippen molar-refractivity contribution in [2.75, 3.05) is 18.6 Å². The number of sulfone groups is 1. The lowest BCUT2D eigenvalue weighted by molar-refractivity contribution is 0.0699. The number of ether oxygens (including phenoxy) is 1. The molecule has 0 aliphatic carbocycles. The van der Waals surface area contributed by atoms with Gasteiger partial charge in [-0.2, -0.15) is 5.10 Å². The van der Waals surface area contributed by atoms with Gasteiger partial charge in [-0.1, -0.05) is 12.1 Å². The molecule has 1 aliphatic rings. The summed E-state index contributed by atoms with van der Waals surface area (Å²) in [6.45, 7) is 1.71. The predicted molar refractivity (Wildman–Crippen MR) is 104 cm³/mol. The molecule has 2 aromatic heterocycles. The van der Waals surface area contributed by atoms with E-state index in [1.807, 2.05) is 6.07 Å². The standard InChI is InChI=1S/C19H19N3O5S/c1-11-17-15(19(23)24)9-16(12-4-3-5-14(8-12)27-2)20-18(17)22(21-11)13-6-7-28(25,26)10-13/h3-5,8-9,13H,6-7,10H2,1-2H3,(H,23,24)/t13-/m1/s1. The van der Waals surface area contributed by atoms with Crippen LogP contribution in [0.4, 0.5) is 0 Å². The van der Waals surface area contributed by atoms with Gasteiger partial charge in [0.2, 0.25) is 0 Å². The fourth-order valence-corrected chi connectivity index (χ4v) is 5.33. The third-order valence-electron chi connectivity index (χ3n) is 4.99. The van der Waals surface area contributed by atoms with Gasteiger partial charge in [0.25, 0.3) is 0 Å². The maximum Gasteiger partial charge on any atom is 0.336 e. The van der Waals surface area contributed by atoms with Crippen LogP contribution in [0, 0.1) is 6.92 Å². The average molecular weight is 401 g/mol. The summed E-state index contributed by atoms with van der Waals surface area (Å²) in [7, 11) is -1.57. The molecule has 146 valence electrons. The van der Waals surface area contributed by atoms with Gasteiger partial charge in [0.05, 0.1) is 47.0 Å². The quantitative estimate of drug-likeness (QED) is 0.715. The summed E-state index contributed by atoms with van der Waals surface area (Å²) in [4.78, 5) is 16.6. The Kier molecular flexibility index (Phi) is 4.34. The fourth-order valence-electron chi connectivity index (χ4n) is 3.63. The van der Waals surface area contributed by atoms with Crippen molar-refractivity contribution in [1.82, 2.24) is 14.8 Å². The van der Waals surface area contributed by atoms with Crippen LogP contribution in [-0.4, -0.2) is 52.9 Å². The van der Waals surface area contributed by atoms with E-state index in [9.17, 15) is 18.3 Å². The van der Waals surface area contributed by atoms with Gasteiger partial charge in [0, 0.05) is 5.56 Å². The van der Waals surface area contributed by atoms with Crippen LogP contribution in [0.15, 0.2) is 30.3 Å². The van der Waals surface area contributed by atoms with E-state index < -0.39 is 15.8 Å². The Morgan fingerprint density at radius 1 is 1.32 bits per heavy atom. The summed E-state index contributed by atoms with van der Waals surface area (Å²) in [5.74, 6) is -0.378. The minimum absolute atomic E-state index is 0.0172. The Bertz CT molecular complexity index is 1200. The Labute approximate surface area is 161 Å². The highest BCUT2D eigenvalue weighted by molar-refractivity contribution is 7.91. The summed E-state index contributed by atoms with van der Waals surface area (Å²) < 4.78 is 30.7. The van der Waals surface area contributed by atoms with Gasteiger partial charge >= 0.3 is 5.97 Å². The monoisotopic (exact) mass is 401 g/mol. The number of benzene rings is 1. The molecule has 1 fully saturated rings. The molecule has 1 aliphatic heterocycles. The second-order valence-corrected chi connectivity index (χ2v) is 9.11. The summed E-state index contributed by atoms with van der Waals surface area (Å²) >= 11 is 0. The van der Waals surface area contributed by atoms with Gasteiger partial charge < -0.3 is 9.84 Å². The van der Waals surface area contributed by atoms with Gasteiger partial charge in [-0.3, -0.25) is 0 Å². The van der Waals surface area contributed by atoms with E-state index in [-0.39, 0.29) is 23.1 Å². The largest absolute Gasteiger partial charge is 0.497 e. The van der Waals surface area contributed by atoms with Crippen molar-refractivity contribution in [3.63, 3.8) is 0 Å². The first-order chi connectivity index (χ1) is 13.3. The van der Waals surface area contributed by atoms with Gasteiger partial charge in [-0.15, -0.1) is 0 Å². The van der Waals surface area contributed by atoms with Crippen molar-refractivity contribution in [1.29, 1.82) is 0 Å². The number of fused-ring (bicyclic) bond motifs is 1. The van der Waals surface area contributed by atoms with Crippen LogP contribution in [0.1, 0.15) is 28.5 Å². The smallest absolute Gasteiger partial charge is 0.336 e. The summed E-state index contributed by atoms with van der Waals surface area (Å²) in [6.07, 6.45) is 0.437. The molecule has 1 saturated heterocycles. The van der Waals surface area contributed by atoms with Crippen molar-refractivity contribution in [3.05, 3.63) is 41.6 Å².